The number of hydrogen-bond acceptors (Lipinski definition) is 2. The highest BCUT2D eigenvalue weighted by Gasteiger charge is 2.43. The van der Waals surface area contributed by atoms with Crippen LogP contribution in [0.3, 0.4) is 0 Å². The summed E-state index contributed by atoms with van der Waals surface area (Å²) >= 11 is 0. The normalized spacial score (nSPS) is 17.0. The van der Waals surface area contributed by atoms with E-state index < -0.39 is 5.54 Å². The van der Waals surface area contributed by atoms with Gasteiger partial charge in [0.25, 0.3) is 5.91 Å². The van der Waals surface area contributed by atoms with Gasteiger partial charge >= 0.3 is 0 Å². The molecule has 0 unspecified atom stereocenters. The van der Waals surface area contributed by atoms with E-state index in [1.165, 1.54) is 17.0 Å². The zero-order valence-corrected chi connectivity index (χ0v) is 11.7. The summed E-state index contributed by atoms with van der Waals surface area (Å²) in [6.07, 6.45) is 4.15. The Kier molecular flexibility index (Phi) is 3.89. The molecule has 1 saturated carbocycles. The fraction of sp³-hybridized carbons (Fsp3) is 0.375. The highest BCUT2D eigenvalue weighted by Crippen LogP contribution is 2.36. The summed E-state index contributed by atoms with van der Waals surface area (Å²) in [7, 11) is 1.67. The van der Waals surface area contributed by atoms with Crippen LogP contribution in [0.15, 0.2) is 29.8 Å². The second kappa shape index (κ2) is 5.46. The van der Waals surface area contributed by atoms with Crippen molar-refractivity contribution in [2.75, 3.05) is 7.05 Å². The molecule has 1 aliphatic carbocycles. The minimum atomic E-state index is -0.644. The average Bonchev–Trinajstić information content (AvgIpc) is 2.39. The van der Waals surface area contributed by atoms with E-state index in [1.54, 1.807) is 32.2 Å². The zero-order chi connectivity index (χ0) is 14.8. The Morgan fingerprint density at radius 1 is 1.40 bits per heavy atom. The minimum Gasteiger partial charge on any atom is -0.323 e. The lowest BCUT2D eigenvalue weighted by atomic mass is 9.76. The van der Waals surface area contributed by atoms with Crippen LogP contribution in [0, 0.1) is 17.1 Å². The predicted octanol–water partition coefficient (Wildman–Crippen LogP) is 3.13. The molecule has 1 aliphatic rings. The van der Waals surface area contributed by atoms with E-state index in [0.29, 0.717) is 5.57 Å². The molecule has 0 N–H and O–H groups in total. The Morgan fingerprint density at radius 3 is 2.45 bits per heavy atom. The molecule has 0 radical (unpaired) electrons. The van der Waals surface area contributed by atoms with E-state index in [2.05, 4.69) is 6.07 Å². The van der Waals surface area contributed by atoms with Crippen molar-refractivity contribution in [2.45, 2.75) is 31.7 Å². The van der Waals surface area contributed by atoms with Gasteiger partial charge in [-0.15, -0.1) is 0 Å². The van der Waals surface area contributed by atoms with Gasteiger partial charge in [0, 0.05) is 12.6 Å². The largest absolute Gasteiger partial charge is 0.323 e. The number of carbonyl (C=O) groups excluding carboxylic acids is 1. The van der Waals surface area contributed by atoms with E-state index in [1.807, 2.05) is 0 Å². The molecule has 0 atom stereocenters. The maximum absolute atomic E-state index is 12.8. The predicted molar refractivity (Wildman–Crippen MR) is 75.0 cm³/mol. The van der Waals surface area contributed by atoms with Gasteiger partial charge in [-0.1, -0.05) is 12.1 Å². The summed E-state index contributed by atoms with van der Waals surface area (Å²) < 4.78 is 12.8. The third-order valence-corrected chi connectivity index (χ3v) is 3.93. The van der Waals surface area contributed by atoms with Gasteiger partial charge in [0.2, 0.25) is 0 Å². The first-order valence-electron chi connectivity index (χ1n) is 6.62. The van der Waals surface area contributed by atoms with Crippen molar-refractivity contribution in [3.05, 3.63) is 41.2 Å². The average molecular weight is 272 g/mol. The Labute approximate surface area is 118 Å². The van der Waals surface area contributed by atoms with E-state index in [4.69, 9.17) is 0 Å². The minimum absolute atomic E-state index is 0.157. The van der Waals surface area contributed by atoms with Gasteiger partial charge in [-0.25, -0.2) is 4.39 Å². The lowest BCUT2D eigenvalue weighted by Gasteiger charge is -2.43. The Balaban J connectivity index is 2.16. The van der Waals surface area contributed by atoms with Crippen LogP contribution in [0.25, 0.3) is 6.08 Å². The maximum atomic E-state index is 12.8. The van der Waals surface area contributed by atoms with Crippen molar-refractivity contribution in [2.24, 2.45) is 0 Å². The van der Waals surface area contributed by atoms with Crippen molar-refractivity contribution in [3.63, 3.8) is 0 Å². The molecule has 3 nitrogen and oxygen atoms in total. The van der Waals surface area contributed by atoms with Crippen LogP contribution in [0.4, 0.5) is 4.39 Å². The number of rotatable bonds is 3. The second-order valence-electron chi connectivity index (χ2n) is 5.24. The molecule has 0 aromatic heterocycles. The fourth-order valence-electron chi connectivity index (χ4n) is 2.36. The summed E-state index contributed by atoms with van der Waals surface area (Å²) in [6.45, 7) is 1.71. The van der Waals surface area contributed by atoms with Crippen LogP contribution in [0.2, 0.25) is 0 Å². The van der Waals surface area contributed by atoms with Gasteiger partial charge in [-0.2, -0.15) is 5.26 Å². The van der Waals surface area contributed by atoms with Gasteiger partial charge in [0.15, 0.2) is 0 Å². The maximum Gasteiger partial charge on any atom is 0.250 e. The molecule has 4 heteroatoms. The van der Waals surface area contributed by atoms with E-state index in [0.717, 1.165) is 24.8 Å². The quantitative estimate of drug-likeness (QED) is 0.793. The molecular weight excluding hydrogens is 255 g/mol. The van der Waals surface area contributed by atoms with E-state index in [9.17, 15) is 14.4 Å². The molecule has 20 heavy (non-hydrogen) atoms. The van der Waals surface area contributed by atoms with Gasteiger partial charge in [-0.05, 0) is 50.0 Å². The molecule has 0 heterocycles. The first-order chi connectivity index (χ1) is 9.48. The number of amides is 1. The lowest BCUT2D eigenvalue weighted by molar-refractivity contribution is -0.131. The number of nitriles is 1. The first kappa shape index (κ1) is 14.3. The van der Waals surface area contributed by atoms with Crippen molar-refractivity contribution in [1.29, 1.82) is 5.26 Å². The molecule has 1 aromatic carbocycles. The number of carbonyl (C=O) groups is 1. The molecule has 0 spiro atoms. The highest BCUT2D eigenvalue weighted by molar-refractivity contribution is 5.97. The SMILES string of the molecule is CC(=Cc1ccc(F)cc1)C(=O)N(C)C1(C#N)CCC1. The van der Waals surface area contributed by atoms with Gasteiger partial charge < -0.3 is 4.90 Å². The topological polar surface area (TPSA) is 44.1 Å². The number of benzene rings is 1. The van der Waals surface area contributed by atoms with Gasteiger partial charge in [0.1, 0.15) is 11.4 Å². The van der Waals surface area contributed by atoms with Crippen molar-refractivity contribution < 1.29 is 9.18 Å². The summed E-state index contributed by atoms with van der Waals surface area (Å²) in [6, 6.07) is 8.21. The monoisotopic (exact) mass is 272 g/mol. The highest BCUT2D eigenvalue weighted by atomic mass is 19.1. The third-order valence-electron chi connectivity index (χ3n) is 3.93. The molecule has 104 valence electrons. The van der Waals surface area contributed by atoms with Gasteiger partial charge in [-0.3, -0.25) is 4.79 Å². The fourth-order valence-corrected chi connectivity index (χ4v) is 2.36. The summed E-state index contributed by atoms with van der Waals surface area (Å²) in [5.41, 5.74) is 0.667. The second-order valence-corrected chi connectivity index (χ2v) is 5.24. The van der Waals surface area contributed by atoms with Crippen molar-refractivity contribution >= 4 is 12.0 Å². The summed E-state index contributed by atoms with van der Waals surface area (Å²) in [4.78, 5) is 13.9. The Bertz CT molecular complexity index is 579. The van der Waals surface area contributed by atoms with Crippen LogP contribution < -0.4 is 0 Å². The smallest absolute Gasteiger partial charge is 0.250 e. The number of likely N-dealkylation sites (N-methyl/N-ethyl adjacent to an activating group) is 1. The van der Waals surface area contributed by atoms with Crippen LogP contribution in [0.5, 0.6) is 0 Å². The van der Waals surface area contributed by atoms with E-state index in [-0.39, 0.29) is 11.7 Å². The van der Waals surface area contributed by atoms with Crippen LogP contribution in [-0.4, -0.2) is 23.4 Å². The molecule has 0 saturated heterocycles. The Hall–Kier alpha value is -2.15. The molecule has 1 fully saturated rings. The summed E-state index contributed by atoms with van der Waals surface area (Å²) in [5.74, 6) is -0.461. The molecule has 1 amide bonds. The van der Waals surface area contributed by atoms with Crippen LogP contribution >= 0.6 is 0 Å². The molecule has 2 rings (SSSR count). The van der Waals surface area contributed by atoms with Crippen molar-refractivity contribution in [1.82, 2.24) is 4.90 Å². The molecule has 0 bridgehead atoms. The molecular formula is C16H17FN2O. The number of nitrogens with zero attached hydrogens (tertiary/aromatic N) is 2. The Morgan fingerprint density at radius 2 is 2.00 bits per heavy atom. The first-order valence-corrected chi connectivity index (χ1v) is 6.62. The van der Waals surface area contributed by atoms with Gasteiger partial charge in [0.05, 0.1) is 6.07 Å². The molecule has 0 aliphatic heterocycles. The van der Waals surface area contributed by atoms with Crippen LogP contribution in [0.1, 0.15) is 31.7 Å². The number of halogens is 1. The lowest BCUT2D eigenvalue weighted by Crippen LogP contribution is -2.53. The van der Waals surface area contributed by atoms with Crippen molar-refractivity contribution in [3.8, 4) is 6.07 Å². The summed E-state index contributed by atoms with van der Waals surface area (Å²) in [5, 5.41) is 9.25. The standard InChI is InChI=1S/C16H17FN2O/c1-12(10-13-4-6-14(17)7-5-13)15(20)19(2)16(11-18)8-3-9-16/h4-7,10H,3,8-9H2,1-2H3. The zero-order valence-electron chi connectivity index (χ0n) is 11.7. The van der Waals surface area contributed by atoms with Crippen LogP contribution in [-0.2, 0) is 4.79 Å². The molecule has 1 aromatic rings. The van der Waals surface area contributed by atoms with E-state index >= 15 is 0 Å². The third kappa shape index (κ3) is 2.57. The number of hydrogen-bond donors (Lipinski definition) is 0.